The van der Waals surface area contributed by atoms with Crippen LogP contribution in [0.3, 0.4) is 0 Å². The Hall–Kier alpha value is -2.87. The molecule has 0 saturated carbocycles. The molecule has 5 heteroatoms. The molecule has 0 bridgehead atoms. The van der Waals surface area contributed by atoms with Crippen molar-refractivity contribution in [2.45, 2.75) is 6.92 Å². The molecule has 0 radical (unpaired) electrons. The molecular formula is C16H12FN3O. The molecule has 4 nitrogen and oxygen atoms in total. The van der Waals surface area contributed by atoms with Crippen LogP contribution in [-0.4, -0.2) is 16.7 Å². The fourth-order valence-electron chi connectivity index (χ4n) is 2.29. The zero-order valence-corrected chi connectivity index (χ0v) is 11.6. The topological polar surface area (TPSA) is 50.8 Å². The third-order valence-corrected chi connectivity index (χ3v) is 3.40. The molecule has 1 aromatic carbocycles. The highest BCUT2D eigenvalue weighted by atomic mass is 19.1. The molecule has 3 aromatic rings. The summed E-state index contributed by atoms with van der Waals surface area (Å²) >= 11 is 0. The van der Waals surface area contributed by atoms with Gasteiger partial charge < -0.3 is 4.74 Å². The predicted octanol–water partition coefficient (Wildman–Crippen LogP) is 3.35. The average molecular weight is 281 g/mol. The van der Waals surface area contributed by atoms with Crippen LogP contribution in [0.5, 0.6) is 5.75 Å². The van der Waals surface area contributed by atoms with Crippen molar-refractivity contribution in [2.24, 2.45) is 0 Å². The smallest absolute Gasteiger partial charge is 0.140 e. The van der Waals surface area contributed by atoms with E-state index in [-0.39, 0.29) is 5.82 Å². The van der Waals surface area contributed by atoms with E-state index in [1.165, 1.54) is 6.07 Å². The SMILES string of the molecule is COc1ccnc(-n2cc(C#N)c3cc(F)c(C)cc32)c1. The molecule has 0 aliphatic carbocycles. The van der Waals surface area contributed by atoms with Gasteiger partial charge in [-0.15, -0.1) is 0 Å². The number of aromatic nitrogens is 2. The van der Waals surface area contributed by atoms with E-state index in [1.807, 2.05) is 0 Å². The molecule has 0 N–H and O–H groups in total. The summed E-state index contributed by atoms with van der Waals surface area (Å²) in [4.78, 5) is 4.29. The minimum atomic E-state index is -0.324. The van der Waals surface area contributed by atoms with Gasteiger partial charge in [0.25, 0.3) is 0 Å². The van der Waals surface area contributed by atoms with E-state index in [2.05, 4.69) is 11.1 Å². The first kappa shape index (κ1) is 13.1. The second-order valence-electron chi connectivity index (χ2n) is 4.70. The largest absolute Gasteiger partial charge is 0.497 e. The van der Waals surface area contributed by atoms with Gasteiger partial charge in [-0.05, 0) is 30.7 Å². The molecule has 104 valence electrons. The van der Waals surface area contributed by atoms with Crippen LogP contribution in [0.25, 0.3) is 16.7 Å². The lowest BCUT2D eigenvalue weighted by molar-refractivity contribution is 0.414. The van der Waals surface area contributed by atoms with Gasteiger partial charge in [-0.1, -0.05) is 0 Å². The summed E-state index contributed by atoms with van der Waals surface area (Å²) in [5.74, 6) is 0.960. The van der Waals surface area contributed by atoms with Crippen molar-refractivity contribution < 1.29 is 9.13 Å². The van der Waals surface area contributed by atoms with E-state index in [9.17, 15) is 9.65 Å². The Bertz CT molecular complexity index is 877. The van der Waals surface area contributed by atoms with Gasteiger partial charge in [0.1, 0.15) is 23.5 Å². The van der Waals surface area contributed by atoms with Gasteiger partial charge >= 0.3 is 0 Å². The fourth-order valence-corrected chi connectivity index (χ4v) is 2.29. The van der Waals surface area contributed by atoms with E-state index in [0.29, 0.717) is 28.1 Å². The molecule has 0 saturated heterocycles. The summed E-state index contributed by atoms with van der Waals surface area (Å²) in [6.07, 6.45) is 3.29. The van der Waals surface area contributed by atoms with Crippen LogP contribution < -0.4 is 4.74 Å². The summed E-state index contributed by atoms with van der Waals surface area (Å²) in [6, 6.07) is 8.70. The zero-order valence-electron chi connectivity index (χ0n) is 11.6. The Balaban J connectivity index is 2.32. The summed E-state index contributed by atoms with van der Waals surface area (Å²) in [5, 5.41) is 9.80. The Labute approximate surface area is 121 Å². The number of fused-ring (bicyclic) bond motifs is 1. The minimum Gasteiger partial charge on any atom is -0.497 e. The normalized spacial score (nSPS) is 10.6. The molecule has 0 spiro atoms. The number of nitrogens with zero attached hydrogens (tertiary/aromatic N) is 3. The van der Waals surface area contributed by atoms with Gasteiger partial charge in [-0.2, -0.15) is 5.26 Å². The Morgan fingerprint density at radius 3 is 2.86 bits per heavy atom. The maximum absolute atomic E-state index is 13.7. The average Bonchev–Trinajstić information content (AvgIpc) is 2.85. The van der Waals surface area contributed by atoms with Gasteiger partial charge in [0.15, 0.2) is 0 Å². The standard InChI is InChI=1S/C16H12FN3O/c1-10-5-15-13(7-14(10)17)11(8-18)9-20(15)16-6-12(21-2)3-4-19-16/h3-7,9H,1-2H3. The highest BCUT2D eigenvalue weighted by Gasteiger charge is 2.13. The van der Waals surface area contributed by atoms with Crippen molar-refractivity contribution in [1.29, 1.82) is 5.26 Å². The van der Waals surface area contributed by atoms with Gasteiger partial charge in [-0.25, -0.2) is 9.37 Å². The van der Waals surface area contributed by atoms with Crippen molar-refractivity contribution in [1.82, 2.24) is 9.55 Å². The molecule has 0 atom stereocenters. The predicted molar refractivity (Wildman–Crippen MR) is 77.0 cm³/mol. The van der Waals surface area contributed by atoms with Crippen LogP contribution in [-0.2, 0) is 0 Å². The summed E-state index contributed by atoms with van der Waals surface area (Å²) < 4.78 is 20.7. The van der Waals surface area contributed by atoms with Crippen LogP contribution >= 0.6 is 0 Å². The second kappa shape index (κ2) is 4.91. The van der Waals surface area contributed by atoms with Gasteiger partial charge in [0.2, 0.25) is 0 Å². The van der Waals surface area contributed by atoms with Gasteiger partial charge in [-0.3, -0.25) is 4.57 Å². The first-order valence-electron chi connectivity index (χ1n) is 6.35. The number of rotatable bonds is 2. The third-order valence-electron chi connectivity index (χ3n) is 3.40. The Morgan fingerprint density at radius 2 is 2.14 bits per heavy atom. The van der Waals surface area contributed by atoms with E-state index in [4.69, 9.17) is 4.74 Å². The van der Waals surface area contributed by atoms with Crippen LogP contribution in [0.4, 0.5) is 4.39 Å². The van der Waals surface area contributed by atoms with Crippen LogP contribution in [0.1, 0.15) is 11.1 Å². The molecule has 0 fully saturated rings. The number of methoxy groups -OCH3 is 1. The van der Waals surface area contributed by atoms with Crippen LogP contribution in [0.15, 0.2) is 36.7 Å². The lowest BCUT2D eigenvalue weighted by atomic mass is 10.1. The second-order valence-corrected chi connectivity index (χ2v) is 4.70. The molecule has 3 rings (SSSR count). The molecule has 2 aromatic heterocycles. The molecule has 2 heterocycles. The zero-order chi connectivity index (χ0) is 15.0. The maximum atomic E-state index is 13.7. The number of benzene rings is 1. The first-order valence-corrected chi connectivity index (χ1v) is 6.35. The van der Waals surface area contributed by atoms with Gasteiger partial charge in [0, 0.05) is 23.8 Å². The van der Waals surface area contributed by atoms with E-state index < -0.39 is 0 Å². The number of halogens is 1. The van der Waals surface area contributed by atoms with Crippen LogP contribution in [0, 0.1) is 24.1 Å². The maximum Gasteiger partial charge on any atom is 0.140 e. The Morgan fingerprint density at radius 1 is 1.33 bits per heavy atom. The Kier molecular flexibility index (Phi) is 3.07. The lowest BCUT2D eigenvalue weighted by Crippen LogP contribution is -1.97. The van der Waals surface area contributed by atoms with Crippen molar-refractivity contribution >= 4 is 10.9 Å². The molecule has 0 aliphatic heterocycles. The van der Waals surface area contributed by atoms with E-state index in [0.717, 1.165) is 5.52 Å². The van der Waals surface area contributed by atoms with E-state index >= 15 is 0 Å². The number of hydrogen-bond donors (Lipinski definition) is 0. The van der Waals surface area contributed by atoms with Crippen molar-refractivity contribution in [2.75, 3.05) is 7.11 Å². The minimum absolute atomic E-state index is 0.324. The summed E-state index contributed by atoms with van der Waals surface area (Å²) in [5.41, 5.74) is 1.67. The molecule has 0 aliphatic rings. The van der Waals surface area contributed by atoms with Crippen molar-refractivity contribution in [3.8, 4) is 17.6 Å². The highest BCUT2D eigenvalue weighted by molar-refractivity contribution is 5.88. The number of hydrogen-bond acceptors (Lipinski definition) is 3. The molecule has 0 amide bonds. The van der Waals surface area contributed by atoms with Crippen molar-refractivity contribution in [3.63, 3.8) is 0 Å². The van der Waals surface area contributed by atoms with Gasteiger partial charge in [0.05, 0.1) is 18.2 Å². The molecule has 0 unspecified atom stereocenters. The fraction of sp³-hybridized carbons (Fsp3) is 0.125. The number of pyridine rings is 1. The summed E-state index contributed by atoms with van der Waals surface area (Å²) in [7, 11) is 1.58. The number of ether oxygens (including phenoxy) is 1. The lowest BCUT2D eigenvalue weighted by Gasteiger charge is -2.07. The highest BCUT2D eigenvalue weighted by Crippen LogP contribution is 2.27. The van der Waals surface area contributed by atoms with Crippen LogP contribution in [0.2, 0.25) is 0 Å². The monoisotopic (exact) mass is 281 g/mol. The number of nitriles is 1. The first-order chi connectivity index (χ1) is 10.1. The number of aryl methyl sites for hydroxylation is 1. The summed E-state index contributed by atoms with van der Waals surface area (Å²) in [6.45, 7) is 1.69. The van der Waals surface area contributed by atoms with E-state index in [1.54, 1.807) is 49.2 Å². The third kappa shape index (κ3) is 2.11. The van der Waals surface area contributed by atoms with Crippen molar-refractivity contribution in [3.05, 3.63) is 53.6 Å². The molecular weight excluding hydrogens is 269 g/mol. The molecule has 21 heavy (non-hydrogen) atoms. The quantitative estimate of drug-likeness (QED) is 0.723.